The molecule has 12 rings (SSSR count). The Morgan fingerprint density at radius 3 is 1.99 bits per heavy atom. The quantitative estimate of drug-likeness (QED) is 0.149. The van der Waals surface area contributed by atoms with Crippen LogP contribution in [0.3, 0.4) is 0 Å². The molecule has 0 N–H and O–H groups in total. The Morgan fingerprint density at radius 1 is 0.565 bits per heavy atom. The van der Waals surface area contributed by atoms with E-state index < -0.39 is 0 Å². The van der Waals surface area contributed by atoms with Gasteiger partial charge in [0.25, 0.3) is 0 Å². The number of imidazole rings is 2. The number of fused-ring (bicyclic) bond motifs is 7. The van der Waals surface area contributed by atoms with Gasteiger partial charge >= 0.3 is 360 Å². The van der Waals surface area contributed by atoms with Gasteiger partial charge in [0.1, 0.15) is 0 Å². The number of rotatable bonds is 7. The van der Waals surface area contributed by atoms with Crippen LogP contribution < -0.4 is 4.74 Å². The first-order valence-electron chi connectivity index (χ1n) is 23.9. The molecule has 0 amide bonds. The molecule has 8 heteroatoms. The van der Waals surface area contributed by atoms with Crippen LogP contribution in [0.5, 0.6) is 11.5 Å². The number of para-hydroxylation sites is 2. The van der Waals surface area contributed by atoms with E-state index in [1.165, 1.54) is 11.1 Å². The van der Waals surface area contributed by atoms with E-state index in [4.69, 9.17) is 14.7 Å². The van der Waals surface area contributed by atoms with Gasteiger partial charge in [-0.05, 0) is 17.0 Å². The summed E-state index contributed by atoms with van der Waals surface area (Å²) < 4.78 is 17.5. The van der Waals surface area contributed by atoms with Gasteiger partial charge in [-0.2, -0.15) is 0 Å². The molecule has 0 saturated heterocycles. The van der Waals surface area contributed by atoms with Gasteiger partial charge < -0.3 is 0 Å². The fraction of sp³-hybridized carbons (Fsp3) is 0.197. The van der Waals surface area contributed by atoms with Crippen molar-refractivity contribution in [3.05, 3.63) is 191 Å². The van der Waals surface area contributed by atoms with Crippen LogP contribution in [0.2, 0.25) is 0 Å². The van der Waals surface area contributed by atoms with Crippen molar-refractivity contribution in [1.82, 2.24) is 28.2 Å². The summed E-state index contributed by atoms with van der Waals surface area (Å²) in [6, 6.07) is 61.8. The number of pyridine rings is 1. The number of aromatic nitrogens is 6. The number of aryl methyl sites for hydroxylation is 2. The average molecular weight is 1080 g/mol. The van der Waals surface area contributed by atoms with Gasteiger partial charge in [-0.3, -0.25) is 0 Å². The summed E-state index contributed by atoms with van der Waals surface area (Å²) in [5.41, 5.74) is 15.0. The number of benzene rings is 7. The van der Waals surface area contributed by atoms with Crippen LogP contribution in [0.4, 0.5) is 0 Å². The van der Waals surface area contributed by atoms with Crippen molar-refractivity contribution < 1.29 is 24.1 Å². The van der Waals surface area contributed by atoms with Crippen molar-refractivity contribution in [2.75, 3.05) is 0 Å². The Bertz CT molecular complexity index is 3800. The predicted molar refractivity (Wildman–Crippen MR) is 277 cm³/mol. The zero-order valence-electron chi connectivity index (χ0n) is 39.7. The zero-order chi connectivity index (χ0) is 47.2. The minimum atomic E-state index is -0.215. The minimum absolute atomic E-state index is 0.0399. The van der Waals surface area contributed by atoms with E-state index in [1.54, 1.807) is 0 Å². The molecule has 11 aromatic rings. The molecule has 4 aromatic heterocycles. The molecular weight excluding hydrogens is 1030 g/mol. The monoisotopic (exact) mass is 1080 g/mol. The molecule has 0 unspecified atom stereocenters. The van der Waals surface area contributed by atoms with Crippen molar-refractivity contribution in [2.45, 2.75) is 78.2 Å². The van der Waals surface area contributed by atoms with Crippen LogP contribution in [0.25, 0.3) is 83.3 Å². The summed E-state index contributed by atoms with van der Waals surface area (Å²) in [7, 11) is 0. The van der Waals surface area contributed by atoms with E-state index >= 15 is 0 Å². The normalized spacial score (nSPS) is 13.2. The van der Waals surface area contributed by atoms with Gasteiger partial charge in [0.05, 0.1) is 0 Å². The third-order valence-corrected chi connectivity index (χ3v) is 14.8. The molecule has 0 radical (unpaired) electrons. The number of nitrogens with zero attached hydrogens (tertiary/aromatic N) is 6. The molecule has 0 fully saturated rings. The molecule has 0 aliphatic carbocycles. The Hall–Kier alpha value is -7.08. The summed E-state index contributed by atoms with van der Waals surface area (Å²) in [5, 5.41) is 2.23. The number of hydrogen-bond donors (Lipinski definition) is 0. The SMILES string of the molecule is CC(C)(C)c1cc(Oc2[c-]c3c(cc2)c2ccccc2n3-c2cc(C(C)(C)C)ccn2)[c-]c(-n2[c](=[Pt])n(-c3c(-c4ccccc4)cccc3-c3ccccc3)c3cc4c(cc32)nc2n4CCCC2)c1. The standard InChI is InChI=1S/C61H52N6O.Pt/c1-60(2,3)42-29-30-62-58(34-42)67-52-25-14-13-22-49(52)50-28-27-45(36-53(50)67)68-46-33-43(61(4,5)6)32-44(35-46)65-39-66(56-38-54-51(37-55(56)65)63-57-26-15-16-31-64(54)57)59-47(40-18-9-7-10-19-40)23-17-24-48(59)41-20-11-8-12-21-41;/h7-14,17-25,27-30,32-34,37-38H,15-16,26,31H2,1-6H3;/q-2;. The third kappa shape index (κ3) is 7.50. The van der Waals surface area contributed by atoms with Crippen molar-refractivity contribution in [2.24, 2.45) is 0 Å². The van der Waals surface area contributed by atoms with Crippen molar-refractivity contribution >= 4 is 43.9 Å². The molecule has 0 saturated carbocycles. The summed E-state index contributed by atoms with van der Waals surface area (Å²) in [6.07, 6.45) is 5.20. The van der Waals surface area contributed by atoms with Gasteiger partial charge in [0, 0.05) is 6.20 Å². The molecule has 5 heterocycles. The fourth-order valence-corrected chi connectivity index (χ4v) is 11.3. The predicted octanol–water partition coefficient (Wildman–Crippen LogP) is 15.0. The number of ether oxygens (including phenoxy) is 1. The summed E-state index contributed by atoms with van der Waals surface area (Å²) in [6.45, 7) is 14.4. The number of hydrogen-bond acceptors (Lipinski definition) is 3. The van der Waals surface area contributed by atoms with Crippen LogP contribution in [-0.2, 0) is 43.1 Å². The van der Waals surface area contributed by atoms with E-state index in [1.807, 2.05) is 12.3 Å². The Labute approximate surface area is 413 Å². The molecule has 1 aliphatic heterocycles. The van der Waals surface area contributed by atoms with E-state index in [-0.39, 0.29) is 10.8 Å². The molecule has 7 aromatic carbocycles. The van der Waals surface area contributed by atoms with E-state index in [9.17, 15) is 0 Å². The first-order valence-corrected chi connectivity index (χ1v) is 25.1. The second-order valence-electron chi connectivity index (χ2n) is 20.4. The molecule has 1 aliphatic rings. The maximum absolute atomic E-state index is 6.99. The van der Waals surface area contributed by atoms with E-state index in [0.29, 0.717) is 11.5 Å². The van der Waals surface area contributed by atoms with Crippen LogP contribution in [0.15, 0.2) is 158 Å². The summed E-state index contributed by atoms with van der Waals surface area (Å²) in [5.74, 6) is 3.23. The van der Waals surface area contributed by atoms with Gasteiger partial charge in [0.15, 0.2) is 0 Å². The molecular formula is C61H52N6OPt-2. The molecule has 7 nitrogen and oxygen atoms in total. The first kappa shape index (κ1) is 43.2. The Kier molecular flexibility index (Phi) is 10.4. The fourth-order valence-electron chi connectivity index (χ4n) is 10.2. The van der Waals surface area contributed by atoms with Crippen LogP contribution in [0, 0.1) is 15.9 Å². The Balaban J connectivity index is 1.09. The zero-order valence-corrected chi connectivity index (χ0v) is 42.0. The molecule has 0 spiro atoms. The van der Waals surface area contributed by atoms with Crippen molar-refractivity contribution in [3.63, 3.8) is 0 Å². The van der Waals surface area contributed by atoms with Gasteiger partial charge in [0.2, 0.25) is 0 Å². The van der Waals surface area contributed by atoms with Crippen molar-refractivity contribution in [1.29, 1.82) is 0 Å². The van der Waals surface area contributed by atoms with Crippen molar-refractivity contribution in [3.8, 4) is 50.9 Å². The van der Waals surface area contributed by atoms with E-state index in [0.717, 1.165) is 119 Å². The maximum atomic E-state index is 6.99. The average Bonchev–Trinajstić information content (AvgIpc) is 3.98. The van der Waals surface area contributed by atoms with Crippen LogP contribution in [-0.4, -0.2) is 28.2 Å². The van der Waals surface area contributed by atoms with Gasteiger partial charge in [-0.25, -0.2) is 0 Å². The van der Waals surface area contributed by atoms with E-state index in [2.05, 4.69) is 237 Å². The third-order valence-electron chi connectivity index (χ3n) is 13.8. The molecule has 344 valence electrons. The summed E-state index contributed by atoms with van der Waals surface area (Å²) in [4.78, 5) is 10.2. The molecule has 0 bridgehead atoms. The Morgan fingerprint density at radius 2 is 1.26 bits per heavy atom. The molecule has 0 atom stereocenters. The van der Waals surface area contributed by atoms with Crippen LogP contribution >= 0.6 is 0 Å². The molecule has 69 heavy (non-hydrogen) atoms. The van der Waals surface area contributed by atoms with Crippen LogP contribution in [0.1, 0.15) is 71.3 Å². The second-order valence-corrected chi connectivity index (χ2v) is 21.4. The second kappa shape index (κ2) is 16.6. The van der Waals surface area contributed by atoms with Gasteiger partial charge in [-0.1, -0.05) is 32.9 Å². The first-order chi connectivity index (χ1) is 33.4. The summed E-state index contributed by atoms with van der Waals surface area (Å²) >= 11 is 2.54. The van der Waals surface area contributed by atoms with Gasteiger partial charge in [-0.15, -0.1) is 0 Å². The topological polar surface area (TPSA) is 54.7 Å².